The van der Waals surface area contributed by atoms with Crippen LogP contribution in [0.25, 0.3) is 10.9 Å². The highest BCUT2D eigenvalue weighted by atomic mass is 16.5. The van der Waals surface area contributed by atoms with Crippen molar-refractivity contribution in [3.05, 3.63) is 22.7 Å². The summed E-state index contributed by atoms with van der Waals surface area (Å²) >= 11 is 0. The zero-order chi connectivity index (χ0) is 20.3. The predicted octanol–water partition coefficient (Wildman–Crippen LogP) is 3.08. The van der Waals surface area contributed by atoms with Crippen LogP contribution >= 0.6 is 0 Å². The number of benzene rings is 1. The van der Waals surface area contributed by atoms with Gasteiger partial charge in [-0.05, 0) is 32.5 Å². The molecule has 0 unspecified atom stereocenters. The van der Waals surface area contributed by atoms with Crippen LogP contribution in [0.5, 0.6) is 17.2 Å². The lowest BCUT2D eigenvalue weighted by Crippen LogP contribution is -2.52. The van der Waals surface area contributed by atoms with Gasteiger partial charge in [-0.2, -0.15) is 0 Å². The number of likely N-dealkylation sites (N-methyl/N-ethyl adjacent to an activating group) is 1. The Kier molecular flexibility index (Phi) is 6.13. The van der Waals surface area contributed by atoms with Crippen molar-refractivity contribution in [3.8, 4) is 17.2 Å². The molecule has 0 amide bonds. The maximum Gasteiger partial charge on any atom is 0.261 e. The van der Waals surface area contributed by atoms with E-state index in [1.54, 1.807) is 31.2 Å². The molecule has 3 rings (SSSR count). The van der Waals surface area contributed by atoms with Gasteiger partial charge in [0.25, 0.3) is 5.56 Å². The Balaban J connectivity index is 2.13. The number of hydrogen-bond acceptors (Lipinski definition) is 6. The quantitative estimate of drug-likeness (QED) is 0.725. The van der Waals surface area contributed by atoms with Crippen molar-refractivity contribution in [2.75, 3.05) is 34.9 Å². The summed E-state index contributed by atoms with van der Waals surface area (Å²) in [7, 11) is 6.78. The molecule has 1 aliphatic rings. The minimum atomic E-state index is -0.0845. The summed E-state index contributed by atoms with van der Waals surface area (Å²) in [4.78, 5) is 20.3. The molecule has 2 aromatic rings. The van der Waals surface area contributed by atoms with E-state index in [2.05, 4.69) is 23.9 Å². The summed E-state index contributed by atoms with van der Waals surface area (Å²) in [5.74, 6) is 1.32. The minimum absolute atomic E-state index is 0.00712. The predicted molar refractivity (Wildman–Crippen MR) is 110 cm³/mol. The summed E-state index contributed by atoms with van der Waals surface area (Å²) in [6.07, 6.45) is 7.48. The molecular formula is C21H31N3O4. The smallest absolute Gasteiger partial charge is 0.261 e. The third-order valence-electron chi connectivity index (χ3n) is 6.15. The van der Waals surface area contributed by atoms with E-state index in [0.29, 0.717) is 34.7 Å². The molecule has 1 aliphatic carbocycles. The van der Waals surface area contributed by atoms with Gasteiger partial charge in [-0.1, -0.05) is 26.2 Å². The van der Waals surface area contributed by atoms with Crippen LogP contribution in [0.2, 0.25) is 0 Å². The van der Waals surface area contributed by atoms with Crippen molar-refractivity contribution >= 4 is 10.9 Å². The monoisotopic (exact) mass is 389 g/mol. The largest absolute Gasteiger partial charge is 0.493 e. The molecule has 0 atom stereocenters. The summed E-state index contributed by atoms with van der Waals surface area (Å²) in [5, 5.41) is 0.474. The van der Waals surface area contributed by atoms with E-state index in [4.69, 9.17) is 14.2 Å². The summed E-state index contributed by atoms with van der Waals surface area (Å²) in [6.45, 7) is 3.75. The van der Waals surface area contributed by atoms with Crippen molar-refractivity contribution in [2.24, 2.45) is 0 Å². The second kappa shape index (κ2) is 8.39. The molecule has 1 aromatic heterocycles. The van der Waals surface area contributed by atoms with Crippen LogP contribution in [-0.2, 0) is 6.54 Å². The Morgan fingerprint density at radius 2 is 1.79 bits per heavy atom. The number of rotatable bonds is 7. The second-order valence-electron chi connectivity index (χ2n) is 7.52. The summed E-state index contributed by atoms with van der Waals surface area (Å²) in [5.41, 5.74) is 0.397. The van der Waals surface area contributed by atoms with Crippen molar-refractivity contribution in [1.29, 1.82) is 0 Å². The average molecular weight is 389 g/mol. The third-order valence-corrected chi connectivity index (χ3v) is 6.15. The number of nitrogens with zero attached hydrogens (tertiary/aromatic N) is 3. The first kappa shape index (κ1) is 20.5. The number of fused-ring (bicyclic) bond motifs is 1. The summed E-state index contributed by atoms with van der Waals surface area (Å²) in [6, 6.07) is 1.69. The molecule has 0 radical (unpaired) electrons. The molecule has 7 nitrogen and oxygen atoms in total. The number of aromatic nitrogens is 2. The molecule has 7 heteroatoms. The van der Waals surface area contributed by atoms with Crippen LogP contribution in [-0.4, -0.2) is 54.9 Å². The van der Waals surface area contributed by atoms with Crippen LogP contribution in [0.4, 0.5) is 0 Å². The van der Waals surface area contributed by atoms with Gasteiger partial charge < -0.3 is 14.2 Å². The van der Waals surface area contributed by atoms with E-state index >= 15 is 0 Å². The van der Waals surface area contributed by atoms with Crippen LogP contribution in [0, 0.1) is 0 Å². The van der Waals surface area contributed by atoms with Gasteiger partial charge in [0.05, 0.1) is 33.0 Å². The van der Waals surface area contributed by atoms with E-state index in [9.17, 15) is 4.79 Å². The standard InChI is InChI=1S/C21H31N3O4/c1-6-23(2)21(10-8-7-9-11-21)13-24-14-22-17-15(20(24)25)12-16(26-3)18(27-4)19(17)28-5/h12,14H,6-11,13H2,1-5H3. The fourth-order valence-corrected chi connectivity index (χ4v) is 4.40. The lowest BCUT2D eigenvalue weighted by molar-refractivity contribution is 0.0610. The SMILES string of the molecule is CCN(C)C1(Cn2cnc3c(OC)c(OC)c(OC)cc3c2=O)CCCCC1. The van der Waals surface area contributed by atoms with Gasteiger partial charge in [-0.25, -0.2) is 4.98 Å². The highest BCUT2D eigenvalue weighted by Gasteiger charge is 2.36. The van der Waals surface area contributed by atoms with Crippen molar-refractivity contribution in [1.82, 2.24) is 14.5 Å². The first-order valence-corrected chi connectivity index (χ1v) is 9.90. The van der Waals surface area contributed by atoms with E-state index in [1.807, 2.05) is 0 Å². The van der Waals surface area contributed by atoms with Crippen molar-refractivity contribution in [2.45, 2.75) is 51.1 Å². The molecule has 0 bridgehead atoms. The van der Waals surface area contributed by atoms with E-state index in [1.165, 1.54) is 26.4 Å². The van der Waals surface area contributed by atoms with E-state index in [0.717, 1.165) is 19.4 Å². The van der Waals surface area contributed by atoms with Gasteiger partial charge in [0.2, 0.25) is 5.75 Å². The highest BCUT2D eigenvalue weighted by Crippen LogP contribution is 2.41. The third kappa shape index (κ3) is 3.43. The summed E-state index contributed by atoms with van der Waals surface area (Å²) < 4.78 is 18.1. The Bertz CT molecular complexity index is 887. The van der Waals surface area contributed by atoms with Crippen molar-refractivity contribution in [3.63, 3.8) is 0 Å². The van der Waals surface area contributed by atoms with Gasteiger partial charge in [0.1, 0.15) is 5.52 Å². The number of hydrogen-bond donors (Lipinski definition) is 0. The van der Waals surface area contributed by atoms with Gasteiger partial charge in [0.15, 0.2) is 11.5 Å². The number of ether oxygens (including phenoxy) is 3. The first-order valence-electron chi connectivity index (χ1n) is 9.90. The van der Waals surface area contributed by atoms with Crippen LogP contribution < -0.4 is 19.8 Å². The molecule has 1 saturated carbocycles. The Morgan fingerprint density at radius 3 is 2.36 bits per heavy atom. The second-order valence-corrected chi connectivity index (χ2v) is 7.52. The van der Waals surface area contributed by atoms with E-state index < -0.39 is 0 Å². The van der Waals surface area contributed by atoms with Gasteiger partial charge in [-0.15, -0.1) is 0 Å². The van der Waals surface area contributed by atoms with Gasteiger partial charge in [-0.3, -0.25) is 14.3 Å². The van der Waals surface area contributed by atoms with Gasteiger partial charge >= 0.3 is 0 Å². The molecule has 0 N–H and O–H groups in total. The Hall–Kier alpha value is -2.28. The Labute approximate surface area is 166 Å². The molecule has 1 aromatic carbocycles. The highest BCUT2D eigenvalue weighted by molar-refractivity contribution is 5.89. The molecule has 28 heavy (non-hydrogen) atoms. The molecule has 154 valence electrons. The van der Waals surface area contributed by atoms with Gasteiger partial charge in [0, 0.05) is 12.1 Å². The maximum atomic E-state index is 13.3. The molecule has 0 aliphatic heterocycles. The lowest BCUT2D eigenvalue weighted by Gasteiger charge is -2.44. The normalized spacial score (nSPS) is 16.4. The fraction of sp³-hybridized carbons (Fsp3) is 0.619. The zero-order valence-electron chi connectivity index (χ0n) is 17.6. The molecule has 0 spiro atoms. The first-order chi connectivity index (χ1) is 13.5. The topological polar surface area (TPSA) is 65.8 Å². The van der Waals surface area contributed by atoms with E-state index in [-0.39, 0.29) is 11.1 Å². The number of methoxy groups -OCH3 is 3. The molecule has 0 saturated heterocycles. The minimum Gasteiger partial charge on any atom is -0.493 e. The Morgan fingerprint density at radius 1 is 1.11 bits per heavy atom. The van der Waals surface area contributed by atoms with Crippen LogP contribution in [0.1, 0.15) is 39.0 Å². The average Bonchev–Trinajstić information content (AvgIpc) is 2.74. The zero-order valence-corrected chi connectivity index (χ0v) is 17.6. The van der Waals surface area contributed by atoms with Crippen molar-refractivity contribution < 1.29 is 14.2 Å². The lowest BCUT2D eigenvalue weighted by atomic mass is 9.80. The molecule has 1 fully saturated rings. The van der Waals surface area contributed by atoms with Crippen LogP contribution in [0.3, 0.4) is 0 Å². The maximum absolute atomic E-state index is 13.3. The molecular weight excluding hydrogens is 358 g/mol. The van der Waals surface area contributed by atoms with Crippen LogP contribution in [0.15, 0.2) is 17.2 Å². The molecule has 1 heterocycles. The fourth-order valence-electron chi connectivity index (χ4n) is 4.40.